The number of thioether (sulfide) groups is 1. The van der Waals surface area contributed by atoms with E-state index in [2.05, 4.69) is 15.5 Å². The quantitative estimate of drug-likeness (QED) is 0.279. The molecule has 2 N–H and O–H groups in total. The molecule has 1 amide bonds. The van der Waals surface area contributed by atoms with E-state index in [-0.39, 0.29) is 32.9 Å². The Bertz CT molecular complexity index is 1470. The number of nitrogens with one attached hydrogen (secondary N) is 1. The summed E-state index contributed by atoms with van der Waals surface area (Å²) in [6, 6.07) is 14.3. The molecule has 7 nitrogen and oxygen atoms in total. The van der Waals surface area contributed by atoms with Crippen LogP contribution in [0.4, 0.5) is 18.9 Å². The Balaban J connectivity index is 1.65. The molecule has 0 aliphatic carbocycles. The van der Waals surface area contributed by atoms with E-state index in [1.54, 1.807) is 24.3 Å². The Morgan fingerprint density at radius 1 is 1.08 bits per heavy atom. The summed E-state index contributed by atoms with van der Waals surface area (Å²) in [5.41, 5.74) is 1.35. The molecule has 0 saturated carbocycles. The summed E-state index contributed by atoms with van der Waals surface area (Å²) in [6.07, 6.45) is -4.08. The largest absolute Gasteiger partial charge is 0.478 e. The lowest BCUT2D eigenvalue weighted by Gasteiger charge is -2.16. The van der Waals surface area contributed by atoms with Crippen molar-refractivity contribution in [3.63, 3.8) is 0 Å². The molecule has 12 heteroatoms. The molecular weight excluding hydrogens is 517 g/mol. The minimum Gasteiger partial charge on any atom is -0.478 e. The Kier molecular flexibility index (Phi) is 7.23. The van der Waals surface area contributed by atoms with E-state index in [0.717, 1.165) is 27.3 Å². The molecule has 0 aliphatic rings. The Morgan fingerprint density at radius 3 is 2.44 bits per heavy atom. The van der Waals surface area contributed by atoms with Gasteiger partial charge in [0.05, 0.1) is 27.7 Å². The number of carboxylic acids is 1. The normalized spacial score (nSPS) is 11.6. The molecule has 4 rings (SSSR count). The number of carbonyl (C=O) groups is 2. The number of anilines is 1. The molecule has 0 aliphatic heterocycles. The summed E-state index contributed by atoms with van der Waals surface area (Å²) in [4.78, 5) is 23.6. The molecule has 0 atom stereocenters. The first-order chi connectivity index (χ1) is 17.1. The molecule has 0 radical (unpaired) electrons. The van der Waals surface area contributed by atoms with Gasteiger partial charge in [0.15, 0.2) is 5.16 Å². The zero-order valence-electron chi connectivity index (χ0n) is 18.6. The fraction of sp³-hybridized carbons (Fsp3) is 0.167. The highest BCUT2D eigenvalue weighted by atomic mass is 35.5. The van der Waals surface area contributed by atoms with Gasteiger partial charge in [-0.3, -0.25) is 9.36 Å². The van der Waals surface area contributed by atoms with Crippen LogP contribution in [0.15, 0.2) is 59.8 Å². The predicted molar refractivity (Wildman–Crippen MR) is 131 cm³/mol. The number of carboxylic acid groups (broad SMARTS) is 1. The van der Waals surface area contributed by atoms with Gasteiger partial charge >= 0.3 is 12.1 Å². The number of hydrogen-bond acceptors (Lipinski definition) is 5. The van der Waals surface area contributed by atoms with Gasteiger partial charge in [-0.2, -0.15) is 13.2 Å². The zero-order chi connectivity index (χ0) is 26.0. The molecule has 0 unspecified atom stereocenters. The van der Waals surface area contributed by atoms with Gasteiger partial charge in [0.2, 0.25) is 11.7 Å². The van der Waals surface area contributed by atoms with Crippen LogP contribution in [0.5, 0.6) is 0 Å². The summed E-state index contributed by atoms with van der Waals surface area (Å²) < 4.78 is 42.4. The maximum Gasteiger partial charge on any atom is 0.452 e. The summed E-state index contributed by atoms with van der Waals surface area (Å²) >= 11 is 6.82. The summed E-state index contributed by atoms with van der Waals surface area (Å²) in [6.45, 7) is 1.96. The summed E-state index contributed by atoms with van der Waals surface area (Å²) in [7, 11) is 0. The monoisotopic (exact) mass is 534 g/mol. The Morgan fingerprint density at radius 2 is 1.81 bits per heavy atom. The van der Waals surface area contributed by atoms with Crippen molar-refractivity contribution < 1.29 is 27.9 Å². The third kappa shape index (κ3) is 5.17. The molecule has 0 fully saturated rings. The predicted octanol–water partition coefficient (Wildman–Crippen LogP) is 6.08. The lowest BCUT2D eigenvalue weighted by Crippen LogP contribution is -2.17. The van der Waals surface area contributed by atoms with Crippen LogP contribution < -0.4 is 5.32 Å². The van der Waals surface area contributed by atoms with Crippen molar-refractivity contribution in [3.05, 3.63) is 76.6 Å². The Hall–Kier alpha value is -3.57. The van der Waals surface area contributed by atoms with E-state index in [9.17, 15) is 22.8 Å². The molecule has 0 spiro atoms. The summed E-state index contributed by atoms with van der Waals surface area (Å²) in [5.74, 6) is -3.24. The minimum absolute atomic E-state index is 0.0123. The number of alkyl halides is 3. The SMILES string of the molecule is CCc1ccc(-n2c(SCC(=O)Nc3ccc(C(=O)O)cc3Cl)nnc2C(F)(F)F)c2ccccc12. The van der Waals surface area contributed by atoms with Gasteiger partial charge in [0.25, 0.3) is 0 Å². The number of hydrogen-bond donors (Lipinski definition) is 2. The van der Waals surface area contributed by atoms with Crippen molar-refractivity contribution in [2.45, 2.75) is 24.7 Å². The highest BCUT2D eigenvalue weighted by molar-refractivity contribution is 7.99. The molecule has 1 aromatic heterocycles. The lowest BCUT2D eigenvalue weighted by molar-refractivity contribution is -0.146. The second kappa shape index (κ2) is 10.2. The molecule has 4 aromatic rings. The van der Waals surface area contributed by atoms with Gasteiger partial charge in [-0.1, -0.05) is 60.6 Å². The molecular formula is C24H18ClF3N4O3S. The van der Waals surface area contributed by atoms with Gasteiger partial charge in [0, 0.05) is 5.39 Å². The van der Waals surface area contributed by atoms with Gasteiger partial charge < -0.3 is 10.4 Å². The first kappa shape index (κ1) is 25.5. The van der Waals surface area contributed by atoms with Crippen molar-refractivity contribution in [3.8, 4) is 5.69 Å². The molecule has 36 heavy (non-hydrogen) atoms. The van der Waals surface area contributed by atoms with Crippen molar-refractivity contribution in [1.29, 1.82) is 0 Å². The van der Waals surface area contributed by atoms with Crippen molar-refractivity contribution >= 4 is 51.7 Å². The van der Waals surface area contributed by atoms with E-state index in [0.29, 0.717) is 11.8 Å². The number of aryl methyl sites for hydroxylation is 1. The van der Waals surface area contributed by atoms with Crippen LogP contribution in [0.25, 0.3) is 16.5 Å². The lowest BCUT2D eigenvalue weighted by atomic mass is 10.0. The topological polar surface area (TPSA) is 97.1 Å². The third-order valence-corrected chi connectivity index (χ3v) is 6.56. The van der Waals surface area contributed by atoms with Crippen LogP contribution in [-0.2, 0) is 17.4 Å². The minimum atomic E-state index is -4.78. The number of amides is 1. The number of benzene rings is 3. The second-order valence-electron chi connectivity index (χ2n) is 7.62. The van der Waals surface area contributed by atoms with Crippen LogP contribution >= 0.6 is 23.4 Å². The van der Waals surface area contributed by atoms with E-state index in [1.165, 1.54) is 18.2 Å². The zero-order valence-corrected chi connectivity index (χ0v) is 20.2. The number of aromatic nitrogens is 3. The number of halogens is 4. The third-order valence-electron chi connectivity index (χ3n) is 5.32. The van der Waals surface area contributed by atoms with Crippen molar-refractivity contribution in [1.82, 2.24) is 14.8 Å². The fourth-order valence-corrected chi connectivity index (χ4v) is 4.65. The highest BCUT2D eigenvalue weighted by Gasteiger charge is 2.39. The van der Waals surface area contributed by atoms with Gasteiger partial charge in [-0.15, -0.1) is 10.2 Å². The molecule has 0 saturated heterocycles. The van der Waals surface area contributed by atoms with Crippen molar-refractivity contribution in [2.24, 2.45) is 0 Å². The molecule has 3 aromatic carbocycles. The van der Waals surface area contributed by atoms with Crippen LogP contribution in [-0.4, -0.2) is 37.5 Å². The van der Waals surface area contributed by atoms with Gasteiger partial charge in [0.1, 0.15) is 0 Å². The smallest absolute Gasteiger partial charge is 0.452 e. The number of rotatable bonds is 7. The summed E-state index contributed by atoms with van der Waals surface area (Å²) in [5, 5.41) is 19.9. The first-order valence-corrected chi connectivity index (χ1v) is 12.0. The maximum atomic E-state index is 13.8. The number of fused-ring (bicyclic) bond motifs is 1. The second-order valence-corrected chi connectivity index (χ2v) is 8.97. The Labute approximate surface area is 212 Å². The van der Waals surface area contributed by atoms with Crippen LogP contribution in [0.3, 0.4) is 0 Å². The van der Waals surface area contributed by atoms with Crippen LogP contribution in [0.1, 0.15) is 28.7 Å². The fourth-order valence-electron chi connectivity index (χ4n) is 3.68. The first-order valence-electron chi connectivity index (χ1n) is 10.6. The molecule has 0 bridgehead atoms. The molecule has 186 valence electrons. The highest BCUT2D eigenvalue weighted by Crippen LogP contribution is 2.36. The van der Waals surface area contributed by atoms with E-state index >= 15 is 0 Å². The van der Waals surface area contributed by atoms with Crippen LogP contribution in [0, 0.1) is 0 Å². The van der Waals surface area contributed by atoms with E-state index in [1.807, 2.05) is 19.1 Å². The number of carbonyl (C=O) groups excluding carboxylic acids is 1. The van der Waals surface area contributed by atoms with Crippen molar-refractivity contribution in [2.75, 3.05) is 11.1 Å². The maximum absolute atomic E-state index is 13.8. The van der Waals surface area contributed by atoms with E-state index < -0.39 is 23.9 Å². The van der Waals surface area contributed by atoms with Crippen LogP contribution in [0.2, 0.25) is 5.02 Å². The standard InChI is InChI=1S/C24H18ClF3N4O3S/c1-2-13-8-10-19(16-6-4-3-5-15(13)16)32-22(24(26,27)28)30-31-23(32)36-12-20(33)29-18-9-7-14(21(34)35)11-17(18)25/h3-11H,2,12H2,1H3,(H,29,33)(H,34,35). The van der Waals surface area contributed by atoms with Gasteiger partial charge in [-0.05, 0) is 41.6 Å². The van der Waals surface area contributed by atoms with Gasteiger partial charge in [-0.25, -0.2) is 4.79 Å². The number of nitrogens with zero attached hydrogens (tertiary/aromatic N) is 3. The number of aromatic carboxylic acids is 1. The molecule has 1 heterocycles. The average Bonchev–Trinajstić information content (AvgIpc) is 3.27. The van der Waals surface area contributed by atoms with E-state index in [4.69, 9.17) is 16.7 Å². The average molecular weight is 535 g/mol.